The number of rotatable bonds is 4. The van der Waals surface area contributed by atoms with E-state index in [1.807, 2.05) is 0 Å². The topological polar surface area (TPSA) is 148 Å². The van der Waals surface area contributed by atoms with E-state index in [1.54, 1.807) is 0 Å². The van der Waals surface area contributed by atoms with Crippen molar-refractivity contribution in [3.63, 3.8) is 0 Å². The molecule has 0 aromatic carbocycles. The summed E-state index contributed by atoms with van der Waals surface area (Å²) in [6.07, 6.45) is -8.58. The van der Waals surface area contributed by atoms with Crippen LogP contribution in [0.2, 0.25) is 0 Å². The highest BCUT2D eigenvalue weighted by molar-refractivity contribution is 5.60. The molecule has 0 bridgehead atoms. The number of hydrogen-bond acceptors (Lipinski definition) is 8. The second-order valence-corrected chi connectivity index (χ2v) is 4.05. The number of aldehydes is 1. The summed E-state index contributed by atoms with van der Waals surface area (Å²) in [7, 11) is 0. The van der Waals surface area contributed by atoms with Gasteiger partial charge in [-0.2, -0.15) is 0 Å². The van der Waals surface area contributed by atoms with Gasteiger partial charge >= 0.3 is 0 Å². The fraction of sp³-hybridized carbons (Fsp3) is 0.889. The molecule has 8 heteroatoms. The van der Waals surface area contributed by atoms with Gasteiger partial charge in [0.2, 0.25) is 5.79 Å². The fourth-order valence-electron chi connectivity index (χ4n) is 1.67. The highest BCUT2D eigenvalue weighted by Gasteiger charge is 2.49. The quantitative estimate of drug-likeness (QED) is 0.278. The van der Waals surface area contributed by atoms with Crippen LogP contribution in [0.25, 0.3) is 0 Å². The number of aliphatic hydroxyl groups excluding tert-OH is 5. The molecule has 1 aliphatic rings. The summed E-state index contributed by atoms with van der Waals surface area (Å²) in [5, 5.41) is 55.8. The van der Waals surface area contributed by atoms with Crippen LogP contribution >= 0.6 is 0 Å². The smallest absolute Gasteiger partial charge is 0.226 e. The lowest BCUT2D eigenvalue weighted by Crippen LogP contribution is -2.61. The molecule has 1 aliphatic heterocycles. The second kappa shape index (κ2) is 5.36. The molecule has 0 saturated carbocycles. The Balaban J connectivity index is 2.85. The van der Waals surface area contributed by atoms with E-state index in [1.165, 1.54) is 0 Å². The standard InChI is InChI=1S/C9H16O8/c10-2-5(13)7(15)8-6(14)4(12)1-9(16,3-11)17-8/h3-8,10,12-16H,1-2H2/t4-,5+,6+,7+,8+,9-/m0/s1. The van der Waals surface area contributed by atoms with Crippen LogP contribution < -0.4 is 0 Å². The van der Waals surface area contributed by atoms with Gasteiger partial charge in [0.1, 0.15) is 24.4 Å². The number of carbonyl (C=O) groups excluding carboxylic acids is 1. The Morgan fingerprint density at radius 2 is 2.00 bits per heavy atom. The first-order valence-corrected chi connectivity index (χ1v) is 5.04. The summed E-state index contributed by atoms with van der Waals surface area (Å²) in [5.74, 6) is -2.33. The number of carbonyl (C=O) groups is 1. The third-order valence-corrected chi connectivity index (χ3v) is 2.67. The molecule has 6 N–H and O–H groups in total. The first-order chi connectivity index (χ1) is 7.84. The molecule has 1 heterocycles. The van der Waals surface area contributed by atoms with Crippen LogP contribution in [-0.4, -0.2) is 79.8 Å². The van der Waals surface area contributed by atoms with E-state index in [-0.39, 0.29) is 6.29 Å². The third-order valence-electron chi connectivity index (χ3n) is 2.67. The largest absolute Gasteiger partial charge is 0.394 e. The summed E-state index contributed by atoms with van der Waals surface area (Å²) in [6.45, 7) is -0.802. The summed E-state index contributed by atoms with van der Waals surface area (Å²) in [5.41, 5.74) is 0. The average Bonchev–Trinajstić information content (AvgIpc) is 2.32. The Morgan fingerprint density at radius 3 is 2.47 bits per heavy atom. The van der Waals surface area contributed by atoms with Gasteiger partial charge < -0.3 is 35.4 Å². The maximum Gasteiger partial charge on any atom is 0.226 e. The van der Waals surface area contributed by atoms with Crippen molar-refractivity contribution in [3.8, 4) is 0 Å². The van der Waals surface area contributed by atoms with E-state index >= 15 is 0 Å². The van der Waals surface area contributed by atoms with Crippen LogP contribution in [0.15, 0.2) is 0 Å². The van der Waals surface area contributed by atoms with Gasteiger partial charge in [0, 0.05) is 6.42 Å². The Bertz CT molecular complexity index is 272. The van der Waals surface area contributed by atoms with E-state index < -0.39 is 49.3 Å². The van der Waals surface area contributed by atoms with E-state index in [4.69, 9.17) is 9.84 Å². The van der Waals surface area contributed by atoms with Crippen molar-refractivity contribution in [2.24, 2.45) is 0 Å². The van der Waals surface area contributed by atoms with Crippen LogP contribution in [-0.2, 0) is 9.53 Å². The van der Waals surface area contributed by atoms with E-state index in [9.17, 15) is 30.3 Å². The number of hydrogen-bond donors (Lipinski definition) is 6. The molecule has 0 unspecified atom stereocenters. The van der Waals surface area contributed by atoms with Crippen LogP contribution in [0, 0.1) is 0 Å². The zero-order valence-corrected chi connectivity index (χ0v) is 8.88. The average molecular weight is 252 g/mol. The van der Waals surface area contributed by atoms with E-state index in [0.29, 0.717) is 0 Å². The lowest BCUT2D eigenvalue weighted by atomic mass is 9.91. The Hall–Kier alpha value is -0.610. The molecule has 1 rings (SSSR count). The van der Waals surface area contributed by atoms with Gasteiger partial charge in [-0.3, -0.25) is 4.79 Å². The van der Waals surface area contributed by atoms with Crippen molar-refractivity contribution in [3.05, 3.63) is 0 Å². The Morgan fingerprint density at radius 1 is 1.41 bits per heavy atom. The predicted molar refractivity (Wildman–Crippen MR) is 51.6 cm³/mol. The molecule has 1 saturated heterocycles. The van der Waals surface area contributed by atoms with Gasteiger partial charge in [0.05, 0.1) is 12.7 Å². The molecule has 0 aromatic heterocycles. The van der Waals surface area contributed by atoms with Crippen molar-refractivity contribution in [2.45, 2.75) is 42.7 Å². The van der Waals surface area contributed by atoms with E-state index in [2.05, 4.69) is 0 Å². The van der Waals surface area contributed by atoms with Crippen LogP contribution in [0.4, 0.5) is 0 Å². The van der Waals surface area contributed by atoms with Crippen molar-refractivity contribution in [2.75, 3.05) is 6.61 Å². The second-order valence-electron chi connectivity index (χ2n) is 4.05. The van der Waals surface area contributed by atoms with Gasteiger partial charge in [-0.1, -0.05) is 0 Å². The van der Waals surface area contributed by atoms with Gasteiger partial charge in [0.25, 0.3) is 0 Å². The maximum atomic E-state index is 10.6. The van der Waals surface area contributed by atoms with Crippen LogP contribution in [0.3, 0.4) is 0 Å². The van der Waals surface area contributed by atoms with Crippen molar-refractivity contribution in [1.29, 1.82) is 0 Å². The minimum Gasteiger partial charge on any atom is -0.394 e. The molecule has 0 aliphatic carbocycles. The third kappa shape index (κ3) is 2.99. The van der Waals surface area contributed by atoms with Crippen molar-refractivity contribution >= 4 is 6.29 Å². The normalized spacial score (nSPS) is 41.9. The molecular formula is C9H16O8. The number of ether oxygens (including phenoxy) is 1. The zero-order chi connectivity index (χ0) is 13.2. The van der Waals surface area contributed by atoms with Gasteiger partial charge in [-0.15, -0.1) is 0 Å². The first-order valence-electron chi connectivity index (χ1n) is 5.04. The lowest BCUT2D eigenvalue weighted by Gasteiger charge is -2.42. The monoisotopic (exact) mass is 252 g/mol. The molecule has 0 aromatic rings. The minimum atomic E-state index is -2.33. The summed E-state index contributed by atoms with van der Waals surface area (Å²) >= 11 is 0. The van der Waals surface area contributed by atoms with Crippen LogP contribution in [0.1, 0.15) is 6.42 Å². The molecule has 0 spiro atoms. The molecular weight excluding hydrogens is 236 g/mol. The van der Waals surface area contributed by atoms with Gasteiger partial charge in [0.15, 0.2) is 6.29 Å². The molecule has 0 radical (unpaired) electrons. The van der Waals surface area contributed by atoms with Gasteiger partial charge in [-0.05, 0) is 0 Å². The SMILES string of the molecule is O=C[C@]1(O)C[C@H](O)[C@@H](O)[C@H]([C@H](O)[C@H](O)CO)O1. The molecule has 0 amide bonds. The molecule has 100 valence electrons. The lowest BCUT2D eigenvalue weighted by molar-refractivity contribution is -0.300. The minimum absolute atomic E-state index is 0.0210. The molecule has 1 fully saturated rings. The maximum absolute atomic E-state index is 10.6. The summed E-state index contributed by atoms with van der Waals surface area (Å²) in [4.78, 5) is 10.6. The first kappa shape index (κ1) is 14.5. The Labute approximate surface area is 96.7 Å². The van der Waals surface area contributed by atoms with Crippen molar-refractivity contribution < 1.29 is 40.2 Å². The summed E-state index contributed by atoms with van der Waals surface area (Å²) < 4.78 is 4.75. The van der Waals surface area contributed by atoms with Crippen molar-refractivity contribution in [1.82, 2.24) is 0 Å². The number of aliphatic hydroxyl groups is 6. The highest BCUT2D eigenvalue weighted by Crippen LogP contribution is 2.28. The zero-order valence-electron chi connectivity index (χ0n) is 8.88. The molecule has 8 nitrogen and oxygen atoms in total. The van der Waals surface area contributed by atoms with E-state index in [0.717, 1.165) is 0 Å². The fourth-order valence-corrected chi connectivity index (χ4v) is 1.67. The highest BCUT2D eigenvalue weighted by atomic mass is 16.7. The predicted octanol–water partition coefficient (Wildman–Crippen LogP) is -3.90. The van der Waals surface area contributed by atoms with Crippen LogP contribution in [0.5, 0.6) is 0 Å². The summed E-state index contributed by atoms with van der Waals surface area (Å²) in [6, 6.07) is 0. The van der Waals surface area contributed by atoms with Gasteiger partial charge in [-0.25, -0.2) is 0 Å². The molecule has 17 heavy (non-hydrogen) atoms. The Kier molecular flexibility index (Phi) is 4.55. The molecule has 6 atom stereocenters.